The van der Waals surface area contributed by atoms with Crippen molar-refractivity contribution in [2.24, 2.45) is 0 Å². The molecule has 0 aliphatic carbocycles. The monoisotopic (exact) mass is 355 g/mol. The van der Waals surface area contributed by atoms with Gasteiger partial charge < -0.3 is 20.7 Å². The van der Waals surface area contributed by atoms with E-state index in [9.17, 15) is 19.8 Å². The van der Waals surface area contributed by atoms with Crippen LogP contribution in [-0.2, 0) is 4.74 Å². The van der Waals surface area contributed by atoms with Crippen LogP contribution in [0.3, 0.4) is 0 Å². The molecule has 1 fully saturated rings. The van der Waals surface area contributed by atoms with Crippen LogP contribution < -0.4 is 11.3 Å². The van der Waals surface area contributed by atoms with Gasteiger partial charge >= 0.3 is 0 Å². The number of aliphatic hydroxyl groups is 2. The Balaban J connectivity index is 2.25. The van der Waals surface area contributed by atoms with Gasteiger partial charge in [-0.3, -0.25) is 19.1 Å². The van der Waals surface area contributed by atoms with Gasteiger partial charge in [0.15, 0.2) is 29.0 Å². The number of aliphatic hydroxyl groups excluding tert-OH is 2. The van der Waals surface area contributed by atoms with Crippen LogP contribution in [0.1, 0.15) is 30.2 Å². The lowest BCUT2D eigenvalue weighted by molar-refractivity contribution is -0.0435. The lowest BCUT2D eigenvalue weighted by Gasteiger charge is -2.19. The summed E-state index contributed by atoms with van der Waals surface area (Å²) in [6.07, 6.45) is -2.74. The third-order valence-electron chi connectivity index (χ3n) is 3.91. The first-order chi connectivity index (χ1) is 11.4. The van der Waals surface area contributed by atoms with Crippen molar-refractivity contribution >= 4 is 35.5 Å². The fourth-order valence-electron chi connectivity index (χ4n) is 2.69. The molecule has 130 valence electrons. The summed E-state index contributed by atoms with van der Waals surface area (Å²) in [6, 6.07) is 0. The maximum absolute atomic E-state index is 12.2. The molecule has 11 heteroatoms. The summed E-state index contributed by atoms with van der Waals surface area (Å²) in [5.74, 6) is -0.514. The largest absolute Gasteiger partial charge is 0.394 e. The van der Waals surface area contributed by atoms with Crippen molar-refractivity contribution in [3.63, 3.8) is 0 Å². The Bertz CT molecular complexity index is 849. The van der Waals surface area contributed by atoms with Crippen LogP contribution in [0.25, 0.3) is 11.2 Å². The van der Waals surface area contributed by atoms with Crippen molar-refractivity contribution in [3.05, 3.63) is 16.2 Å². The van der Waals surface area contributed by atoms with Gasteiger partial charge in [-0.15, -0.1) is 0 Å². The van der Waals surface area contributed by atoms with E-state index in [0.717, 1.165) is 0 Å². The Hall–Kier alpha value is -1.95. The summed E-state index contributed by atoms with van der Waals surface area (Å²) in [5.41, 5.74) is 4.99. The molecule has 2 aromatic rings. The zero-order valence-electron chi connectivity index (χ0n) is 12.7. The number of aromatic nitrogens is 4. The predicted octanol–water partition coefficient (Wildman–Crippen LogP) is -1.16. The Morgan fingerprint density at radius 2 is 2.21 bits per heavy atom. The van der Waals surface area contributed by atoms with Crippen LogP contribution in [0.4, 0.5) is 5.95 Å². The zero-order valence-corrected chi connectivity index (χ0v) is 13.6. The van der Waals surface area contributed by atoms with E-state index >= 15 is 0 Å². The van der Waals surface area contributed by atoms with Gasteiger partial charge in [0.05, 0.1) is 18.0 Å². The fraction of sp³-hybridized carbons (Fsp3) is 0.538. The van der Waals surface area contributed by atoms with Crippen LogP contribution in [0.15, 0.2) is 4.79 Å². The van der Waals surface area contributed by atoms with Gasteiger partial charge in [0.25, 0.3) is 5.56 Å². The smallest absolute Gasteiger partial charge is 0.280 e. The maximum Gasteiger partial charge on any atom is 0.280 e. The Labute approximate surface area is 141 Å². The van der Waals surface area contributed by atoms with Gasteiger partial charge in [-0.2, -0.15) is 17.6 Å². The third kappa shape index (κ3) is 2.49. The molecule has 24 heavy (non-hydrogen) atoms. The highest BCUT2D eigenvalue weighted by molar-refractivity contribution is 7.81. The molecule has 0 unspecified atom stereocenters. The van der Waals surface area contributed by atoms with Crippen LogP contribution in [-0.4, -0.2) is 59.6 Å². The van der Waals surface area contributed by atoms with E-state index < -0.39 is 35.9 Å². The minimum atomic E-state index is -1.07. The number of hydrogen-bond acceptors (Lipinski definition) is 9. The average Bonchev–Trinajstić information content (AvgIpc) is 3.06. The highest BCUT2D eigenvalue weighted by Crippen LogP contribution is 2.35. The van der Waals surface area contributed by atoms with Crippen molar-refractivity contribution in [1.29, 1.82) is 0 Å². The number of imidazole rings is 1. The number of aromatic amines is 1. The number of fused-ring (bicyclic) bond motifs is 1. The van der Waals surface area contributed by atoms with Crippen molar-refractivity contribution in [1.82, 2.24) is 19.5 Å². The molecule has 1 aliphatic heterocycles. The number of rotatable bonds is 4. The maximum atomic E-state index is 12.2. The lowest BCUT2D eigenvalue weighted by atomic mass is 10.2. The number of anilines is 1. The number of hydrogen-bond donors (Lipinski definition) is 5. The quantitative estimate of drug-likeness (QED) is 0.340. The molecule has 2 aromatic heterocycles. The number of Topliss-reactive ketones (excluding diaryl/α,β-unsaturated/α-hetero) is 1. The molecule has 0 saturated carbocycles. The molecule has 4 atom stereocenters. The normalized spacial score (nSPS) is 27.0. The Morgan fingerprint density at radius 1 is 1.50 bits per heavy atom. The molecule has 10 nitrogen and oxygen atoms in total. The lowest BCUT2D eigenvalue weighted by Crippen LogP contribution is -2.30. The Morgan fingerprint density at radius 3 is 2.79 bits per heavy atom. The standard InChI is InChI=1S/C13H17N5O5S/c1-2-4(20)9-15-6-10(16-13(14)17-11(6)22)18(9)12-8(24)7(21)5(3-19)23-12/h5,7-8,12,19,21,24H,2-3H2,1H3,(H3,14,16,17,22)/t5-,7-,8-,12-/m1/s1. The van der Waals surface area contributed by atoms with Crippen molar-refractivity contribution in [2.45, 2.75) is 37.0 Å². The number of nitrogens with zero attached hydrogens (tertiary/aromatic N) is 3. The first-order valence-electron chi connectivity index (χ1n) is 7.32. The molecule has 5 N–H and O–H groups in total. The molecular formula is C13H17N5O5S. The van der Waals surface area contributed by atoms with Gasteiger partial charge in [-0.1, -0.05) is 6.92 Å². The van der Waals surface area contributed by atoms with E-state index in [0.29, 0.717) is 0 Å². The molecule has 1 saturated heterocycles. The zero-order chi connectivity index (χ0) is 17.6. The van der Waals surface area contributed by atoms with Gasteiger partial charge in [0.1, 0.15) is 6.10 Å². The van der Waals surface area contributed by atoms with Gasteiger partial charge in [-0.25, -0.2) is 4.98 Å². The summed E-state index contributed by atoms with van der Waals surface area (Å²) in [6.45, 7) is 1.23. The number of nitrogens with two attached hydrogens (primary N) is 1. The predicted molar refractivity (Wildman–Crippen MR) is 87.0 cm³/mol. The van der Waals surface area contributed by atoms with E-state index in [1.165, 1.54) is 4.57 Å². The third-order valence-corrected chi connectivity index (χ3v) is 4.47. The van der Waals surface area contributed by atoms with Crippen LogP contribution in [0.2, 0.25) is 0 Å². The summed E-state index contributed by atoms with van der Waals surface area (Å²) in [7, 11) is 0. The topological polar surface area (TPSA) is 156 Å². The van der Waals surface area contributed by atoms with Crippen LogP contribution >= 0.6 is 12.6 Å². The number of carbonyl (C=O) groups is 1. The number of nitrogen functional groups attached to an aromatic ring is 1. The number of nitrogens with one attached hydrogen (secondary N) is 1. The average molecular weight is 355 g/mol. The highest BCUT2D eigenvalue weighted by atomic mass is 32.1. The number of thiol groups is 1. The first kappa shape index (κ1) is 16.9. The summed E-state index contributed by atoms with van der Waals surface area (Å²) >= 11 is 4.31. The summed E-state index contributed by atoms with van der Waals surface area (Å²) in [4.78, 5) is 34.7. The number of H-pyrrole nitrogens is 1. The molecule has 0 amide bonds. The molecule has 3 rings (SSSR count). The second-order valence-electron chi connectivity index (χ2n) is 5.43. The van der Waals surface area contributed by atoms with Crippen molar-refractivity contribution in [3.8, 4) is 0 Å². The van der Waals surface area contributed by atoms with E-state index in [-0.39, 0.29) is 35.1 Å². The SMILES string of the molecule is CCC(=O)c1nc2c(=O)[nH]c(N)nc2n1[C@@H]1O[C@H](CO)[C@@H](O)[C@H]1S. The van der Waals surface area contributed by atoms with E-state index in [1.807, 2.05) is 0 Å². The van der Waals surface area contributed by atoms with E-state index in [1.54, 1.807) is 6.92 Å². The first-order valence-corrected chi connectivity index (χ1v) is 7.84. The number of ketones is 1. The summed E-state index contributed by atoms with van der Waals surface area (Å²) in [5, 5.41) is 18.6. The van der Waals surface area contributed by atoms with E-state index in [2.05, 4.69) is 27.6 Å². The summed E-state index contributed by atoms with van der Waals surface area (Å²) < 4.78 is 6.91. The van der Waals surface area contributed by atoms with Crippen molar-refractivity contribution in [2.75, 3.05) is 12.3 Å². The number of ether oxygens (including phenoxy) is 1. The van der Waals surface area contributed by atoms with Crippen LogP contribution in [0.5, 0.6) is 0 Å². The molecule has 1 aliphatic rings. The molecule has 0 bridgehead atoms. The second kappa shape index (κ2) is 6.16. The molecule has 0 aromatic carbocycles. The van der Waals surface area contributed by atoms with Gasteiger partial charge in [-0.05, 0) is 0 Å². The fourth-order valence-corrected chi connectivity index (χ4v) is 3.09. The van der Waals surface area contributed by atoms with Crippen LogP contribution in [0, 0.1) is 0 Å². The molecular weight excluding hydrogens is 338 g/mol. The number of carbonyl (C=O) groups excluding carboxylic acids is 1. The second-order valence-corrected chi connectivity index (χ2v) is 6.03. The van der Waals surface area contributed by atoms with Gasteiger partial charge in [0.2, 0.25) is 5.95 Å². The van der Waals surface area contributed by atoms with E-state index in [4.69, 9.17) is 10.5 Å². The minimum absolute atomic E-state index is 0.0362. The molecule has 3 heterocycles. The molecule has 0 spiro atoms. The molecule has 0 radical (unpaired) electrons. The minimum Gasteiger partial charge on any atom is -0.394 e. The highest BCUT2D eigenvalue weighted by Gasteiger charge is 2.44. The van der Waals surface area contributed by atoms with Gasteiger partial charge in [0, 0.05) is 6.42 Å². The Kier molecular flexibility index (Phi) is 4.34. The van der Waals surface area contributed by atoms with Crippen molar-refractivity contribution < 1.29 is 19.7 Å².